The third kappa shape index (κ3) is 1.88. The van der Waals surface area contributed by atoms with Gasteiger partial charge in [-0.25, -0.2) is 4.39 Å². The molecule has 2 N–H and O–H groups in total. The molecule has 0 spiro atoms. The largest absolute Gasteiger partial charge is 0.324 e. The highest BCUT2D eigenvalue weighted by atomic mass is 79.9. The van der Waals surface area contributed by atoms with Crippen LogP contribution in [0, 0.1) is 5.82 Å². The molecule has 0 unspecified atom stereocenters. The molecule has 0 saturated carbocycles. The maximum Gasteiger partial charge on any atom is 0.170 e. The van der Waals surface area contributed by atoms with Crippen LogP contribution in [0.1, 0.15) is 5.82 Å². The fourth-order valence-corrected chi connectivity index (χ4v) is 1.40. The first-order valence-corrected chi connectivity index (χ1v) is 4.94. The van der Waals surface area contributed by atoms with Gasteiger partial charge in [0.15, 0.2) is 5.82 Å². The van der Waals surface area contributed by atoms with E-state index in [1.54, 1.807) is 12.1 Å². The predicted octanol–water partition coefficient (Wildman–Crippen LogP) is 1.02. The van der Waals surface area contributed by atoms with E-state index in [2.05, 4.69) is 31.5 Å². The van der Waals surface area contributed by atoms with Gasteiger partial charge in [-0.2, -0.15) is 4.68 Å². The van der Waals surface area contributed by atoms with Crippen LogP contribution in [0.15, 0.2) is 22.7 Å². The van der Waals surface area contributed by atoms with Crippen molar-refractivity contribution in [1.82, 2.24) is 20.2 Å². The highest BCUT2D eigenvalue weighted by molar-refractivity contribution is 9.10. The molecule has 78 valence electrons. The quantitative estimate of drug-likeness (QED) is 0.886. The van der Waals surface area contributed by atoms with Gasteiger partial charge in [0.25, 0.3) is 0 Å². The molecule has 0 aliphatic rings. The second-order valence-corrected chi connectivity index (χ2v) is 3.66. The lowest BCUT2D eigenvalue weighted by Gasteiger charge is -2.03. The normalized spacial score (nSPS) is 10.6. The Morgan fingerprint density at radius 1 is 1.47 bits per heavy atom. The maximum atomic E-state index is 13.2. The van der Waals surface area contributed by atoms with E-state index in [1.807, 2.05) is 0 Å². The van der Waals surface area contributed by atoms with Crippen molar-refractivity contribution in [3.8, 4) is 5.69 Å². The highest BCUT2D eigenvalue weighted by Gasteiger charge is 2.08. The lowest BCUT2D eigenvalue weighted by atomic mass is 10.3. The van der Waals surface area contributed by atoms with Gasteiger partial charge in [-0.1, -0.05) is 0 Å². The Labute approximate surface area is 93.2 Å². The van der Waals surface area contributed by atoms with Gasteiger partial charge >= 0.3 is 0 Å². The van der Waals surface area contributed by atoms with E-state index < -0.39 is 0 Å². The Balaban J connectivity index is 2.50. The summed E-state index contributed by atoms with van der Waals surface area (Å²) >= 11 is 3.07. The number of hydrogen-bond acceptors (Lipinski definition) is 4. The molecular formula is C8H7BrFN5. The van der Waals surface area contributed by atoms with Crippen LogP contribution in [-0.4, -0.2) is 20.2 Å². The van der Waals surface area contributed by atoms with E-state index in [-0.39, 0.29) is 12.4 Å². The second kappa shape index (κ2) is 4.03. The van der Waals surface area contributed by atoms with Crippen molar-refractivity contribution >= 4 is 15.9 Å². The van der Waals surface area contributed by atoms with Crippen LogP contribution in [0.5, 0.6) is 0 Å². The fourth-order valence-electron chi connectivity index (χ4n) is 1.15. The third-order valence-corrected chi connectivity index (χ3v) is 2.51. The van der Waals surface area contributed by atoms with E-state index in [0.717, 1.165) is 0 Å². The molecule has 0 amide bonds. The molecule has 0 aliphatic carbocycles. The Morgan fingerprint density at radius 2 is 2.27 bits per heavy atom. The third-order valence-electron chi connectivity index (χ3n) is 1.86. The molecule has 0 atom stereocenters. The molecule has 1 aromatic heterocycles. The average molecular weight is 272 g/mol. The molecule has 0 bridgehead atoms. The van der Waals surface area contributed by atoms with Crippen LogP contribution in [0.2, 0.25) is 0 Å². The summed E-state index contributed by atoms with van der Waals surface area (Å²) in [6.45, 7) is 0.199. The Morgan fingerprint density at radius 3 is 2.93 bits per heavy atom. The van der Waals surface area contributed by atoms with Gasteiger partial charge in [0.2, 0.25) is 0 Å². The lowest BCUT2D eigenvalue weighted by molar-refractivity contribution is 0.617. The lowest BCUT2D eigenvalue weighted by Crippen LogP contribution is -2.08. The van der Waals surface area contributed by atoms with Crippen molar-refractivity contribution in [3.63, 3.8) is 0 Å². The van der Waals surface area contributed by atoms with Crippen LogP contribution in [-0.2, 0) is 6.54 Å². The first kappa shape index (κ1) is 10.2. The minimum atomic E-state index is -0.369. The van der Waals surface area contributed by atoms with Crippen molar-refractivity contribution in [1.29, 1.82) is 0 Å². The summed E-state index contributed by atoms with van der Waals surface area (Å²) in [4.78, 5) is 0. The van der Waals surface area contributed by atoms with Gasteiger partial charge in [0, 0.05) is 6.07 Å². The molecule has 7 heteroatoms. The molecule has 1 heterocycles. The van der Waals surface area contributed by atoms with Crippen molar-refractivity contribution in [2.75, 3.05) is 0 Å². The summed E-state index contributed by atoms with van der Waals surface area (Å²) in [5, 5.41) is 10.9. The van der Waals surface area contributed by atoms with Crippen molar-refractivity contribution in [2.45, 2.75) is 6.54 Å². The average Bonchev–Trinajstić information content (AvgIpc) is 2.70. The van der Waals surface area contributed by atoms with E-state index in [4.69, 9.17) is 5.73 Å². The van der Waals surface area contributed by atoms with Gasteiger partial charge < -0.3 is 5.73 Å². The smallest absolute Gasteiger partial charge is 0.170 e. The van der Waals surface area contributed by atoms with Crippen LogP contribution in [0.4, 0.5) is 4.39 Å². The summed E-state index contributed by atoms with van der Waals surface area (Å²) < 4.78 is 15.0. The number of rotatable bonds is 2. The maximum absolute atomic E-state index is 13.2. The Hall–Kier alpha value is -1.34. The summed E-state index contributed by atoms with van der Waals surface area (Å²) in [6.07, 6.45) is 0. The van der Waals surface area contributed by atoms with Crippen molar-refractivity contribution in [3.05, 3.63) is 34.3 Å². The van der Waals surface area contributed by atoms with E-state index in [0.29, 0.717) is 16.0 Å². The molecule has 0 saturated heterocycles. The van der Waals surface area contributed by atoms with Crippen LogP contribution < -0.4 is 5.73 Å². The number of tetrazole rings is 1. The van der Waals surface area contributed by atoms with Crippen LogP contribution in [0.3, 0.4) is 0 Å². The zero-order valence-electron chi connectivity index (χ0n) is 7.56. The molecular weight excluding hydrogens is 265 g/mol. The van der Waals surface area contributed by atoms with Gasteiger partial charge in [-0.3, -0.25) is 0 Å². The van der Waals surface area contributed by atoms with E-state index in [9.17, 15) is 4.39 Å². The zero-order chi connectivity index (χ0) is 10.8. The molecule has 0 fully saturated rings. The Kier molecular flexibility index (Phi) is 2.74. The summed E-state index contributed by atoms with van der Waals surface area (Å²) in [5.74, 6) is 0.114. The standard InChI is InChI=1S/C8H7BrFN5/c9-6-2-1-5(3-7(6)10)15-8(4-11)12-13-14-15/h1-3H,4,11H2. The first-order chi connectivity index (χ1) is 7.22. The highest BCUT2D eigenvalue weighted by Crippen LogP contribution is 2.18. The molecule has 2 rings (SSSR count). The molecule has 1 aromatic carbocycles. The summed E-state index contributed by atoms with van der Waals surface area (Å²) in [5.41, 5.74) is 5.98. The van der Waals surface area contributed by atoms with Gasteiger partial charge in [0.05, 0.1) is 16.7 Å². The number of halogens is 2. The van der Waals surface area contributed by atoms with Crippen LogP contribution >= 0.6 is 15.9 Å². The number of hydrogen-bond donors (Lipinski definition) is 1. The van der Waals surface area contributed by atoms with E-state index >= 15 is 0 Å². The van der Waals surface area contributed by atoms with Gasteiger partial charge in [-0.05, 0) is 38.5 Å². The molecule has 2 aromatic rings. The van der Waals surface area contributed by atoms with Crippen LogP contribution in [0.25, 0.3) is 5.69 Å². The predicted molar refractivity (Wildman–Crippen MR) is 54.7 cm³/mol. The first-order valence-electron chi connectivity index (χ1n) is 4.15. The molecule has 15 heavy (non-hydrogen) atoms. The second-order valence-electron chi connectivity index (χ2n) is 2.81. The number of nitrogens with two attached hydrogens (primary N) is 1. The Bertz CT molecular complexity index is 484. The monoisotopic (exact) mass is 271 g/mol. The molecule has 0 aliphatic heterocycles. The fraction of sp³-hybridized carbons (Fsp3) is 0.125. The van der Waals surface area contributed by atoms with Crippen molar-refractivity contribution in [2.24, 2.45) is 5.73 Å². The van der Waals surface area contributed by atoms with E-state index in [1.165, 1.54) is 10.7 Å². The van der Waals surface area contributed by atoms with Gasteiger partial charge in [-0.15, -0.1) is 5.10 Å². The molecule has 5 nitrogen and oxygen atoms in total. The number of nitrogens with zero attached hydrogens (tertiary/aromatic N) is 4. The SMILES string of the molecule is NCc1nnnn1-c1ccc(Br)c(F)c1. The zero-order valence-corrected chi connectivity index (χ0v) is 9.15. The minimum absolute atomic E-state index is 0.199. The molecule has 0 radical (unpaired) electrons. The van der Waals surface area contributed by atoms with Crippen molar-refractivity contribution < 1.29 is 4.39 Å². The summed E-state index contributed by atoms with van der Waals surface area (Å²) in [7, 11) is 0. The number of aromatic nitrogens is 4. The topological polar surface area (TPSA) is 69.6 Å². The van der Waals surface area contributed by atoms with Gasteiger partial charge in [0.1, 0.15) is 5.82 Å². The minimum Gasteiger partial charge on any atom is -0.324 e. The summed E-state index contributed by atoms with van der Waals surface area (Å²) in [6, 6.07) is 4.62. The number of benzene rings is 1.